The molecule has 1 unspecified atom stereocenters. The van der Waals surface area contributed by atoms with Crippen LogP contribution in [0.4, 0.5) is 0 Å². The van der Waals surface area contributed by atoms with E-state index in [9.17, 15) is 4.79 Å². The first-order valence-electron chi connectivity index (χ1n) is 7.36. The van der Waals surface area contributed by atoms with Crippen molar-refractivity contribution in [2.45, 2.75) is 32.1 Å². The molecule has 1 spiro atoms. The maximum absolute atomic E-state index is 12.3. The summed E-state index contributed by atoms with van der Waals surface area (Å²) in [6.45, 7) is 5.66. The van der Waals surface area contributed by atoms with Crippen molar-refractivity contribution in [3.8, 4) is 0 Å². The van der Waals surface area contributed by atoms with Gasteiger partial charge in [-0.15, -0.1) is 0 Å². The van der Waals surface area contributed by atoms with E-state index in [0.717, 1.165) is 39.2 Å². The molecule has 0 aliphatic carbocycles. The zero-order valence-corrected chi connectivity index (χ0v) is 11.1. The lowest BCUT2D eigenvalue weighted by atomic mass is 9.71. The molecule has 0 radical (unpaired) electrons. The normalized spacial score (nSPS) is 31.8. The lowest BCUT2D eigenvalue weighted by molar-refractivity contribution is -0.138. The van der Waals surface area contributed by atoms with Crippen molar-refractivity contribution in [3.63, 3.8) is 0 Å². The van der Waals surface area contributed by atoms with Gasteiger partial charge in [-0.3, -0.25) is 4.79 Å². The van der Waals surface area contributed by atoms with Gasteiger partial charge in [0.1, 0.15) is 0 Å². The minimum Gasteiger partial charge on any atom is -0.381 e. The van der Waals surface area contributed by atoms with Gasteiger partial charge in [0, 0.05) is 19.7 Å². The second-order valence-electron chi connectivity index (χ2n) is 6.14. The van der Waals surface area contributed by atoms with Crippen LogP contribution in [0.15, 0.2) is 0 Å². The zero-order valence-electron chi connectivity index (χ0n) is 11.1. The van der Waals surface area contributed by atoms with Crippen LogP contribution in [-0.2, 0) is 9.53 Å². The van der Waals surface area contributed by atoms with Crippen molar-refractivity contribution >= 4 is 5.91 Å². The van der Waals surface area contributed by atoms with Crippen LogP contribution in [-0.4, -0.2) is 50.2 Å². The van der Waals surface area contributed by atoms with E-state index in [1.165, 1.54) is 25.7 Å². The molecule has 3 heterocycles. The molecule has 0 aromatic carbocycles. The quantitative estimate of drug-likeness (QED) is 0.757. The molecule has 1 amide bonds. The van der Waals surface area contributed by atoms with E-state index in [1.807, 2.05) is 0 Å². The van der Waals surface area contributed by atoms with E-state index < -0.39 is 0 Å². The number of nitrogens with one attached hydrogen (secondary N) is 1. The van der Waals surface area contributed by atoms with Gasteiger partial charge >= 0.3 is 0 Å². The Bertz CT molecular complexity index is 297. The Hall–Kier alpha value is -0.610. The summed E-state index contributed by atoms with van der Waals surface area (Å²) in [7, 11) is 0. The van der Waals surface area contributed by atoms with Crippen molar-refractivity contribution < 1.29 is 9.53 Å². The molecule has 18 heavy (non-hydrogen) atoms. The Morgan fingerprint density at radius 2 is 1.89 bits per heavy atom. The first-order valence-corrected chi connectivity index (χ1v) is 7.36. The second kappa shape index (κ2) is 5.17. The van der Waals surface area contributed by atoms with Crippen LogP contribution >= 0.6 is 0 Å². The smallest absolute Gasteiger partial charge is 0.228 e. The third-order valence-corrected chi connectivity index (χ3v) is 5.08. The summed E-state index contributed by atoms with van der Waals surface area (Å²) in [6.07, 6.45) is 5.91. The SMILES string of the molecule is O=C(C1CCOC1)N1CCC2(CCNCC2)CC1. The number of hydrogen-bond donors (Lipinski definition) is 1. The van der Waals surface area contributed by atoms with E-state index >= 15 is 0 Å². The molecular formula is C14H24N2O2. The summed E-state index contributed by atoms with van der Waals surface area (Å²) in [5.41, 5.74) is 0.536. The predicted octanol–water partition coefficient (Wildman–Crippen LogP) is 1.02. The average molecular weight is 252 g/mol. The molecular weight excluding hydrogens is 228 g/mol. The van der Waals surface area contributed by atoms with Crippen molar-refractivity contribution in [3.05, 3.63) is 0 Å². The van der Waals surface area contributed by atoms with Crippen LogP contribution in [0.25, 0.3) is 0 Å². The van der Waals surface area contributed by atoms with Gasteiger partial charge in [-0.2, -0.15) is 0 Å². The molecule has 0 aromatic rings. The van der Waals surface area contributed by atoms with Crippen LogP contribution < -0.4 is 5.32 Å². The van der Waals surface area contributed by atoms with Gasteiger partial charge in [0.2, 0.25) is 5.91 Å². The van der Waals surface area contributed by atoms with Gasteiger partial charge in [-0.1, -0.05) is 0 Å². The first-order chi connectivity index (χ1) is 8.79. The van der Waals surface area contributed by atoms with Gasteiger partial charge < -0.3 is 15.0 Å². The highest BCUT2D eigenvalue weighted by Gasteiger charge is 2.38. The Labute approximate surface area is 109 Å². The van der Waals surface area contributed by atoms with Crippen molar-refractivity contribution in [1.82, 2.24) is 10.2 Å². The topological polar surface area (TPSA) is 41.6 Å². The summed E-state index contributed by atoms with van der Waals surface area (Å²) in [4.78, 5) is 14.4. The maximum Gasteiger partial charge on any atom is 0.228 e. The summed E-state index contributed by atoms with van der Waals surface area (Å²) in [6, 6.07) is 0. The molecule has 3 fully saturated rings. The maximum atomic E-state index is 12.3. The summed E-state index contributed by atoms with van der Waals surface area (Å²) < 4.78 is 5.32. The second-order valence-corrected chi connectivity index (χ2v) is 6.14. The van der Waals surface area contributed by atoms with Crippen LogP contribution in [0.5, 0.6) is 0 Å². The highest BCUT2D eigenvalue weighted by molar-refractivity contribution is 5.79. The number of nitrogens with zero attached hydrogens (tertiary/aromatic N) is 1. The fourth-order valence-corrected chi connectivity index (χ4v) is 3.65. The van der Waals surface area contributed by atoms with E-state index in [0.29, 0.717) is 17.9 Å². The van der Waals surface area contributed by atoms with Crippen molar-refractivity contribution in [1.29, 1.82) is 0 Å². The molecule has 0 bridgehead atoms. The molecule has 4 heteroatoms. The average Bonchev–Trinajstić information content (AvgIpc) is 2.94. The van der Waals surface area contributed by atoms with Crippen LogP contribution in [0.1, 0.15) is 32.1 Å². The van der Waals surface area contributed by atoms with Gasteiger partial charge in [-0.25, -0.2) is 0 Å². The Morgan fingerprint density at radius 1 is 1.17 bits per heavy atom. The zero-order chi connectivity index (χ0) is 12.4. The lowest BCUT2D eigenvalue weighted by Crippen LogP contribution is -2.48. The summed E-state index contributed by atoms with van der Waals surface area (Å²) in [5.74, 6) is 0.489. The molecule has 0 aromatic heterocycles. The fourth-order valence-electron chi connectivity index (χ4n) is 3.65. The van der Waals surface area contributed by atoms with Crippen molar-refractivity contribution in [2.75, 3.05) is 39.4 Å². The molecule has 1 N–H and O–H groups in total. The number of amides is 1. The van der Waals surface area contributed by atoms with Gasteiger partial charge in [-0.05, 0) is 50.6 Å². The molecule has 4 nitrogen and oxygen atoms in total. The molecule has 1 atom stereocenters. The van der Waals surface area contributed by atoms with Gasteiger partial charge in [0.05, 0.1) is 12.5 Å². The minimum atomic E-state index is 0.145. The van der Waals surface area contributed by atoms with E-state index in [4.69, 9.17) is 4.74 Å². The van der Waals surface area contributed by atoms with Gasteiger partial charge in [0.25, 0.3) is 0 Å². The van der Waals surface area contributed by atoms with Crippen LogP contribution in [0, 0.1) is 11.3 Å². The summed E-state index contributed by atoms with van der Waals surface area (Å²) >= 11 is 0. The number of rotatable bonds is 1. The van der Waals surface area contributed by atoms with E-state index in [2.05, 4.69) is 10.2 Å². The van der Waals surface area contributed by atoms with E-state index in [1.54, 1.807) is 0 Å². The van der Waals surface area contributed by atoms with Crippen molar-refractivity contribution in [2.24, 2.45) is 11.3 Å². The third kappa shape index (κ3) is 2.41. The Balaban J connectivity index is 1.54. The third-order valence-electron chi connectivity index (χ3n) is 5.08. The molecule has 3 saturated heterocycles. The number of carbonyl (C=O) groups is 1. The molecule has 3 aliphatic heterocycles. The fraction of sp³-hybridized carbons (Fsp3) is 0.929. The number of likely N-dealkylation sites (tertiary alicyclic amines) is 1. The van der Waals surface area contributed by atoms with Crippen LogP contribution in [0.3, 0.4) is 0 Å². The highest BCUT2D eigenvalue weighted by Crippen LogP contribution is 2.39. The molecule has 102 valence electrons. The lowest BCUT2D eigenvalue weighted by Gasteiger charge is -2.44. The Kier molecular flexibility index (Phi) is 3.57. The molecule has 3 rings (SSSR count). The largest absolute Gasteiger partial charge is 0.381 e. The first kappa shape index (κ1) is 12.4. The summed E-state index contributed by atoms with van der Waals surface area (Å²) in [5, 5.41) is 3.44. The molecule has 3 aliphatic rings. The predicted molar refractivity (Wildman–Crippen MR) is 69.3 cm³/mol. The van der Waals surface area contributed by atoms with Gasteiger partial charge in [0.15, 0.2) is 0 Å². The number of carbonyl (C=O) groups excluding carboxylic acids is 1. The number of hydrogen-bond acceptors (Lipinski definition) is 3. The molecule has 0 saturated carbocycles. The minimum absolute atomic E-state index is 0.145. The number of ether oxygens (including phenoxy) is 1. The van der Waals surface area contributed by atoms with Crippen LogP contribution in [0.2, 0.25) is 0 Å². The Morgan fingerprint density at radius 3 is 2.50 bits per heavy atom. The highest BCUT2D eigenvalue weighted by atomic mass is 16.5. The van der Waals surface area contributed by atoms with E-state index in [-0.39, 0.29) is 5.92 Å². The number of piperidine rings is 2. The monoisotopic (exact) mass is 252 g/mol. The standard InChI is InChI=1S/C14H24N2O2/c17-13(12-1-10-18-11-12)16-8-4-14(5-9-16)2-6-15-7-3-14/h12,15H,1-11H2.